The monoisotopic (exact) mass is 341 g/mol. The average Bonchev–Trinajstić information content (AvgIpc) is 2.37. The molecule has 1 N–H and O–H groups in total. The van der Waals surface area contributed by atoms with Gasteiger partial charge in [-0.3, -0.25) is 0 Å². The SMILES string of the molecule is CCOc1ccc(C(C)(C)CCNCC(C)C)cc1Br. The molecule has 0 saturated carbocycles. The van der Waals surface area contributed by atoms with Gasteiger partial charge in [-0.2, -0.15) is 0 Å². The van der Waals surface area contributed by atoms with Crippen molar-refractivity contribution in [3.05, 3.63) is 28.2 Å². The van der Waals surface area contributed by atoms with E-state index < -0.39 is 0 Å². The van der Waals surface area contributed by atoms with Crippen LogP contribution in [0.3, 0.4) is 0 Å². The summed E-state index contributed by atoms with van der Waals surface area (Å²) in [5, 5.41) is 3.52. The minimum Gasteiger partial charge on any atom is -0.493 e. The molecular formula is C17H28BrNO. The first kappa shape index (κ1) is 17.5. The van der Waals surface area contributed by atoms with Crippen LogP contribution in [0.25, 0.3) is 0 Å². The fourth-order valence-electron chi connectivity index (χ4n) is 2.13. The molecule has 0 spiro atoms. The van der Waals surface area contributed by atoms with Crippen LogP contribution in [-0.2, 0) is 5.41 Å². The maximum absolute atomic E-state index is 5.57. The van der Waals surface area contributed by atoms with E-state index in [1.54, 1.807) is 0 Å². The number of rotatable bonds is 8. The van der Waals surface area contributed by atoms with Gasteiger partial charge in [-0.15, -0.1) is 0 Å². The Balaban J connectivity index is 2.64. The van der Waals surface area contributed by atoms with Gasteiger partial charge in [0.1, 0.15) is 5.75 Å². The predicted molar refractivity (Wildman–Crippen MR) is 90.7 cm³/mol. The smallest absolute Gasteiger partial charge is 0.133 e. The summed E-state index contributed by atoms with van der Waals surface area (Å²) in [5.41, 5.74) is 1.51. The van der Waals surface area contributed by atoms with Crippen molar-refractivity contribution in [2.24, 2.45) is 5.92 Å². The Morgan fingerprint density at radius 3 is 2.55 bits per heavy atom. The van der Waals surface area contributed by atoms with Gasteiger partial charge < -0.3 is 10.1 Å². The number of ether oxygens (including phenoxy) is 1. The Morgan fingerprint density at radius 1 is 1.30 bits per heavy atom. The Labute approximate surface area is 132 Å². The van der Waals surface area contributed by atoms with E-state index >= 15 is 0 Å². The summed E-state index contributed by atoms with van der Waals surface area (Å²) >= 11 is 3.60. The molecule has 20 heavy (non-hydrogen) atoms. The molecule has 0 aliphatic rings. The van der Waals surface area contributed by atoms with E-state index in [2.05, 4.69) is 67.1 Å². The summed E-state index contributed by atoms with van der Waals surface area (Å²) in [7, 11) is 0. The van der Waals surface area contributed by atoms with E-state index in [4.69, 9.17) is 4.74 Å². The van der Waals surface area contributed by atoms with Gasteiger partial charge in [0, 0.05) is 0 Å². The predicted octanol–water partition coefficient (Wildman–Crippen LogP) is 4.76. The molecule has 3 heteroatoms. The molecule has 2 nitrogen and oxygen atoms in total. The highest BCUT2D eigenvalue weighted by Gasteiger charge is 2.21. The van der Waals surface area contributed by atoms with Crippen LogP contribution in [0, 0.1) is 5.92 Å². The van der Waals surface area contributed by atoms with Gasteiger partial charge in [-0.25, -0.2) is 0 Å². The standard InChI is InChI=1S/C17H28BrNO/c1-6-20-16-8-7-14(11-15(16)18)17(4,5)9-10-19-12-13(2)3/h7-8,11,13,19H,6,9-10,12H2,1-5H3. The van der Waals surface area contributed by atoms with Crippen molar-refractivity contribution in [3.63, 3.8) is 0 Å². The van der Waals surface area contributed by atoms with Crippen LogP contribution in [0.2, 0.25) is 0 Å². The fourth-order valence-corrected chi connectivity index (χ4v) is 2.62. The van der Waals surface area contributed by atoms with Gasteiger partial charge in [-0.05, 0) is 71.4 Å². The third-order valence-corrected chi connectivity index (χ3v) is 4.11. The minimum atomic E-state index is 0.164. The van der Waals surface area contributed by atoms with Gasteiger partial charge in [-0.1, -0.05) is 33.8 Å². The summed E-state index contributed by atoms with van der Waals surface area (Å²) in [4.78, 5) is 0. The molecule has 0 aromatic heterocycles. The Hall–Kier alpha value is -0.540. The number of halogens is 1. The zero-order chi connectivity index (χ0) is 15.2. The second-order valence-electron chi connectivity index (χ2n) is 6.31. The topological polar surface area (TPSA) is 21.3 Å². The third-order valence-electron chi connectivity index (χ3n) is 3.49. The lowest BCUT2D eigenvalue weighted by Gasteiger charge is -2.26. The summed E-state index contributed by atoms with van der Waals surface area (Å²) in [6, 6.07) is 6.43. The van der Waals surface area contributed by atoms with Crippen LogP contribution in [-0.4, -0.2) is 19.7 Å². The fraction of sp³-hybridized carbons (Fsp3) is 0.647. The van der Waals surface area contributed by atoms with Crippen LogP contribution in [0.4, 0.5) is 0 Å². The highest BCUT2D eigenvalue weighted by molar-refractivity contribution is 9.10. The second kappa shape index (κ2) is 8.04. The molecule has 0 amide bonds. The second-order valence-corrected chi connectivity index (χ2v) is 7.16. The lowest BCUT2D eigenvalue weighted by molar-refractivity contribution is 0.337. The lowest BCUT2D eigenvalue weighted by Crippen LogP contribution is -2.27. The van der Waals surface area contributed by atoms with Gasteiger partial charge in [0.25, 0.3) is 0 Å². The normalized spacial score (nSPS) is 11.9. The zero-order valence-corrected chi connectivity index (χ0v) is 15.0. The van der Waals surface area contributed by atoms with Crippen molar-refractivity contribution in [1.29, 1.82) is 0 Å². The van der Waals surface area contributed by atoms with Gasteiger partial charge in [0.2, 0.25) is 0 Å². The minimum absolute atomic E-state index is 0.164. The first-order chi connectivity index (χ1) is 9.36. The molecule has 114 valence electrons. The average molecular weight is 342 g/mol. The van der Waals surface area contributed by atoms with E-state index in [-0.39, 0.29) is 5.41 Å². The Bertz CT molecular complexity index is 415. The van der Waals surface area contributed by atoms with E-state index in [0.717, 1.165) is 29.7 Å². The Morgan fingerprint density at radius 2 is 2.00 bits per heavy atom. The molecule has 0 heterocycles. The summed E-state index contributed by atoms with van der Waals surface area (Å²) in [5.74, 6) is 1.63. The quantitative estimate of drug-likeness (QED) is 0.688. The molecule has 0 aliphatic carbocycles. The Kier molecular flexibility index (Phi) is 7.04. The molecule has 1 aromatic carbocycles. The van der Waals surface area contributed by atoms with Crippen molar-refractivity contribution in [2.45, 2.75) is 46.5 Å². The maximum atomic E-state index is 5.57. The van der Waals surface area contributed by atoms with E-state index in [1.165, 1.54) is 5.56 Å². The van der Waals surface area contributed by atoms with E-state index in [1.807, 2.05) is 6.92 Å². The van der Waals surface area contributed by atoms with Crippen molar-refractivity contribution in [1.82, 2.24) is 5.32 Å². The number of hydrogen-bond acceptors (Lipinski definition) is 2. The van der Waals surface area contributed by atoms with Crippen molar-refractivity contribution in [2.75, 3.05) is 19.7 Å². The maximum Gasteiger partial charge on any atom is 0.133 e. The van der Waals surface area contributed by atoms with Crippen LogP contribution in [0.5, 0.6) is 5.75 Å². The van der Waals surface area contributed by atoms with Crippen LogP contribution in [0.15, 0.2) is 22.7 Å². The summed E-state index contributed by atoms with van der Waals surface area (Å²) in [6.45, 7) is 13.9. The molecule has 1 rings (SSSR count). The highest BCUT2D eigenvalue weighted by atomic mass is 79.9. The number of benzene rings is 1. The van der Waals surface area contributed by atoms with Gasteiger partial charge in [0.15, 0.2) is 0 Å². The summed E-state index contributed by atoms with van der Waals surface area (Å²) in [6.07, 6.45) is 1.13. The van der Waals surface area contributed by atoms with E-state index in [9.17, 15) is 0 Å². The van der Waals surface area contributed by atoms with Crippen LogP contribution >= 0.6 is 15.9 Å². The number of nitrogens with one attached hydrogen (secondary N) is 1. The highest BCUT2D eigenvalue weighted by Crippen LogP contribution is 2.33. The molecule has 0 unspecified atom stereocenters. The van der Waals surface area contributed by atoms with Crippen molar-refractivity contribution < 1.29 is 4.74 Å². The first-order valence-corrected chi connectivity index (χ1v) is 8.29. The van der Waals surface area contributed by atoms with Crippen molar-refractivity contribution in [3.8, 4) is 5.75 Å². The molecule has 0 fully saturated rings. The molecule has 0 bridgehead atoms. The zero-order valence-electron chi connectivity index (χ0n) is 13.4. The van der Waals surface area contributed by atoms with Crippen molar-refractivity contribution >= 4 is 15.9 Å². The number of hydrogen-bond donors (Lipinski definition) is 1. The lowest BCUT2D eigenvalue weighted by atomic mass is 9.81. The van der Waals surface area contributed by atoms with Gasteiger partial charge in [0.05, 0.1) is 11.1 Å². The summed E-state index contributed by atoms with van der Waals surface area (Å²) < 4.78 is 6.61. The van der Waals surface area contributed by atoms with E-state index in [0.29, 0.717) is 12.5 Å². The van der Waals surface area contributed by atoms with Crippen LogP contribution in [0.1, 0.15) is 46.6 Å². The first-order valence-electron chi connectivity index (χ1n) is 7.50. The largest absolute Gasteiger partial charge is 0.493 e. The van der Waals surface area contributed by atoms with Crippen LogP contribution < -0.4 is 10.1 Å². The molecule has 0 aliphatic heterocycles. The third kappa shape index (κ3) is 5.45. The molecular weight excluding hydrogens is 314 g/mol. The molecule has 0 atom stereocenters. The molecule has 0 saturated heterocycles. The molecule has 0 radical (unpaired) electrons. The molecule has 1 aromatic rings. The van der Waals surface area contributed by atoms with Gasteiger partial charge >= 0.3 is 0 Å².